The molecule has 0 unspecified atom stereocenters. The van der Waals surface area contributed by atoms with Crippen LogP contribution in [-0.4, -0.2) is 11.8 Å². The van der Waals surface area contributed by atoms with E-state index in [9.17, 15) is 0 Å². The quantitative estimate of drug-likeness (QED) is 0.650. The summed E-state index contributed by atoms with van der Waals surface area (Å²) in [5.74, 6) is 1.96. The summed E-state index contributed by atoms with van der Waals surface area (Å²) in [7, 11) is 0.0921. The summed E-state index contributed by atoms with van der Waals surface area (Å²) in [6.45, 7) is 7.51. The van der Waals surface area contributed by atoms with Crippen LogP contribution in [0.2, 0.25) is 0 Å². The zero-order valence-electron chi connectivity index (χ0n) is 11.2. The molecule has 0 aromatic heterocycles. The van der Waals surface area contributed by atoms with Crippen molar-refractivity contribution in [3.05, 3.63) is 30.3 Å². The van der Waals surface area contributed by atoms with Crippen LogP contribution in [0.1, 0.15) is 33.6 Å². The van der Waals surface area contributed by atoms with Gasteiger partial charge in [-0.05, 0) is 47.2 Å². The van der Waals surface area contributed by atoms with Gasteiger partial charge in [0, 0.05) is 0 Å². The van der Waals surface area contributed by atoms with Crippen molar-refractivity contribution in [2.45, 2.75) is 39.3 Å². The summed E-state index contributed by atoms with van der Waals surface area (Å²) in [5.41, 5.74) is 1.56. The number of rotatable bonds is 1. The molecule has 0 N–H and O–H groups in total. The van der Waals surface area contributed by atoms with Gasteiger partial charge in [0.05, 0.1) is 0 Å². The van der Waals surface area contributed by atoms with Gasteiger partial charge in [0.2, 0.25) is 0 Å². The Morgan fingerprint density at radius 2 is 1.88 bits per heavy atom. The van der Waals surface area contributed by atoms with Crippen LogP contribution >= 0.6 is 7.92 Å². The van der Waals surface area contributed by atoms with Gasteiger partial charge < -0.3 is 0 Å². The summed E-state index contributed by atoms with van der Waals surface area (Å²) in [6, 6.07) is 11.3. The molecule has 2 fully saturated rings. The molecule has 2 aliphatic rings. The van der Waals surface area contributed by atoms with Crippen LogP contribution in [0, 0.1) is 17.3 Å². The summed E-state index contributed by atoms with van der Waals surface area (Å²) in [6.07, 6.45) is 4.39. The SMILES string of the molecule is C[C@@H]1C[P@@](c2ccccc2)[C@@H]2[C@H]1CCC2(C)C. The Hall–Kier alpha value is -0.350. The summed E-state index contributed by atoms with van der Waals surface area (Å²) in [4.78, 5) is 0. The first-order valence-electron chi connectivity index (χ1n) is 6.91. The van der Waals surface area contributed by atoms with Crippen molar-refractivity contribution in [3.63, 3.8) is 0 Å². The third kappa shape index (κ3) is 1.85. The molecular weight excluding hydrogens is 223 g/mol. The third-order valence-corrected chi connectivity index (χ3v) is 8.65. The molecule has 1 aromatic rings. The maximum absolute atomic E-state index is 2.51. The maximum Gasteiger partial charge on any atom is -0.00865 e. The Morgan fingerprint density at radius 1 is 1.18 bits per heavy atom. The van der Waals surface area contributed by atoms with Gasteiger partial charge in [-0.15, -0.1) is 0 Å². The molecule has 0 nitrogen and oxygen atoms in total. The second-order valence-electron chi connectivity index (χ2n) is 6.60. The lowest BCUT2D eigenvalue weighted by Gasteiger charge is -2.32. The highest BCUT2D eigenvalue weighted by Crippen LogP contribution is 2.66. The van der Waals surface area contributed by atoms with E-state index in [4.69, 9.17) is 0 Å². The number of hydrogen-bond acceptors (Lipinski definition) is 0. The van der Waals surface area contributed by atoms with Crippen molar-refractivity contribution in [2.75, 3.05) is 6.16 Å². The first-order chi connectivity index (χ1) is 8.09. The van der Waals surface area contributed by atoms with Gasteiger partial charge in [-0.1, -0.05) is 59.0 Å². The minimum atomic E-state index is 0.0921. The lowest BCUT2D eigenvalue weighted by molar-refractivity contribution is 0.356. The van der Waals surface area contributed by atoms with E-state index in [2.05, 4.69) is 51.1 Å². The maximum atomic E-state index is 2.51. The van der Waals surface area contributed by atoms with Gasteiger partial charge >= 0.3 is 0 Å². The highest BCUT2D eigenvalue weighted by atomic mass is 31.1. The van der Waals surface area contributed by atoms with Crippen molar-refractivity contribution >= 4 is 13.2 Å². The van der Waals surface area contributed by atoms with Crippen molar-refractivity contribution in [1.82, 2.24) is 0 Å². The fraction of sp³-hybridized carbons (Fsp3) is 0.625. The van der Waals surface area contributed by atoms with Crippen LogP contribution in [0.25, 0.3) is 0 Å². The van der Waals surface area contributed by atoms with Crippen LogP contribution in [0.4, 0.5) is 0 Å². The second kappa shape index (κ2) is 4.09. The molecule has 4 atom stereocenters. The fourth-order valence-corrected chi connectivity index (χ4v) is 8.20. The molecule has 17 heavy (non-hydrogen) atoms. The Labute approximate surface area is 107 Å². The highest BCUT2D eigenvalue weighted by Gasteiger charge is 2.52. The van der Waals surface area contributed by atoms with Gasteiger partial charge in [-0.3, -0.25) is 0 Å². The first-order valence-corrected chi connectivity index (χ1v) is 8.51. The zero-order chi connectivity index (χ0) is 12.0. The largest absolute Gasteiger partial charge is 0.0710 e. The molecule has 3 rings (SSSR count). The number of benzene rings is 1. The molecule has 0 bridgehead atoms. The molecule has 1 heterocycles. The van der Waals surface area contributed by atoms with Gasteiger partial charge in [-0.2, -0.15) is 0 Å². The Morgan fingerprint density at radius 3 is 2.59 bits per heavy atom. The monoisotopic (exact) mass is 246 g/mol. The predicted molar refractivity (Wildman–Crippen MR) is 77.3 cm³/mol. The van der Waals surface area contributed by atoms with E-state index in [0.29, 0.717) is 5.41 Å². The normalized spacial score (nSPS) is 39.2. The van der Waals surface area contributed by atoms with Crippen LogP contribution in [0.5, 0.6) is 0 Å². The lowest BCUT2D eigenvalue weighted by Crippen LogP contribution is -2.26. The topological polar surface area (TPSA) is 0 Å². The van der Waals surface area contributed by atoms with E-state index >= 15 is 0 Å². The minimum absolute atomic E-state index is 0.0921. The Bertz CT molecular complexity index is 395. The summed E-state index contributed by atoms with van der Waals surface area (Å²) < 4.78 is 0. The zero-order valence-corrected chi connectivity index (χ0v) is 12.1. The fourth-order valence-electron chi connectivity index (χ4n) is 4.12. The van der Waals surface area contributed by atoms with Crippen LogP contribution in [0.15, 0.2) is 30.3 Å². The molecule has 0 amide bonds. The van der Waals surface area contributed by atoms with E-state index in [-0.39, 0.29) is 7.92 Å². The average molecular weight is 246 g/mol. The average Bonchev–Trinajstić information content (AvgIpc) is 2.81. The smallest absolute Gasteiger partial charge is 0.00865 e. The van der Waals surface area contributed by atoms with Crippen molar-refractivity contribution in [3.8, 4) is 0 Å². The second-order valence-corrected chi connectivity index (χ2v) is 8.98. The molecule has 1 aliphatic heterocycles. The molecule has 1 heteroatoms. The molecule has 92 valence electrons. The third-order valence-electron chi connectivity index (χ3n) is 4.97. The van der Waals surface area contributed by atoms with Gasteiger partial charge in [0.1, 0.15) is 0 Å². The van der Waals surface area contributed by atoms with Crippen molar-refractivity contribution in [2.24, 2.45) is 17.3 Å². The summed E-state index contributed by atoms with van der Waals surface area (Å²) in [5, 5.41) is 1.65. The minimum Gasteiger partial charge on any atom is -0.0710 e. The molecule has 1 aromatic carbocycles. The van der Waals surface area contributed by atoms with Gasteiger partial charge in [0.15, 0.2) is 0 Å². The molecule has 1 saturated carbocycles. The van der Waals surface area contributed by atoms with E-state index < -0.39 is 0 Å². The standard InChI is InChI=1S/C16H23P/c1-12-11-17(13-7-5-4-6-8-13)15-14(12)9-10-16(15,2)3/h4-8,12,14-15H,9-11H2,1-3H3/t12-,14+,15-,17+/m1/s1. The van der Waals surface area contributed by atoms with E-state index in [0.717, 1.165) is 17.5 Å². The van der Waals surface area contributed by atoms with E-state index in [1.54, 1.807) is 5.30 Å². The molecule has 0 radical (unpaired) electrons. The number of fused-ring (bicyclic) bond motifs is 1. The summed E-state index contributed by atoms with van der Waals surface area (Å²) >= 11 is 0. The Balaban J connectivity index is 1.96. The van der Waals surface area contributed by atoms with E-state index in [1.807, 2.05) is 0 Å². The first kappa shape index (κ1) is 11.7. The van der Waals surface area contributed by atoms with Crippen LogP contribution in [0.3, 0.4) is 0 Å². The Kier molecular flexibility index (Phi) is 2.82. The van der Waals surface area contributed by atoms with Crippen molar-refractivity contribution < 1.29 is 0 Å². The molecule has 0 spiro atoms. The highest BCUT2D eigenvalue weighted by molar-refractivity contribution is 7.66. The molecule has 1 aliphatic carbocycles. The predicted octanol–water partition coefficient (Wildman–Crippen LogP) is 4.25. The van der Waals surface area contributed by atoms with Crippen LogP contribution in [-0.2, 0) is 0 Å². The van der Waals surface area contributed by atoms with Gasteiger partial charge in [0.25, 0.3) is 0 Å². The molecule has 1 saturated heterocycles. The van der Waals surface area contributed by atoms with Crippen LogP contribution < -0.4 is 5.30 Å². The van der Waals surface area contributed by atoms with Gasteiger partial charge in [-0.25, -0.2) is 0 Å². The number of hydrogen-bond donors (Lipinski definition) is 0. The lowest BCUT2D eigenvalue weighted by atomic mass is 9.87. The van der Waals surface area contributed by atoms with E-state index in [1.165, 1.54) is 19.0 Å². The molecular formula is C16H23P. The van der Waals surface area contributed by atoms with Crippen molar-refractivity contribution in [1.29, 1.82) is 0 Å².